The number of carbonyl (C=O) groups excluding carboxylic acids is 1. The molecule has 0 unspecified atom stereocenters. The van der Waals surface area contributed by atoms with E-state index in [0.29, 0.717) is 13.1 Å². The zero-order valence-corrected chi connectivity index (χ0v) is 12.3. The first-order valence-corrected chi connectivity index (χ1v) is 8.07. The van der Waals surface area contributed by atoms with Crippen LogP contribution in [0, 0.1) is 12.8 Å². The van der Waals surface area contributed by atoms with Crippen LogP contribution in [-0.4, -0.2) is 39.4 Å². The van der Waals surface area contributed by atoms with E-state index in [4.69, 9.17) is 4.18 Å². The molecule has 1 saturated heterocycles. The second kappa shape index (κ2) is 6.37. The molecule has 0 spiro atoms. The number of nitrogens with zero attached hydrogens (tertiary/aromatic N) is 1. The highest BCUT2D eigenvalue weighted by Gasteiger charge is 2.22. The van der Waals surface area contributed by atoms with Gasteiger partial charge >= 0.3 is 0 Å². The van der Waals surface area contributed by atoms with Gasteiger partial charge < -0.3 is 4.90 Å². The number of amides is 1. The van der Waals surface area contributed by atoms with Gasteiger partial charge in [-0.2, -0.15) is 8.42 Å². The van der Waals surface area contributed by atoms with Crippen LogP contribution in [0.1, 0.15) is 18.4 Å². The maximum atomic E-state index is 12.0. The summed E-state index contributed by atoms with van der Waals surface area (Å²) in [6, 6.07) is 6.61. The summed E-state index contributed by atoms with van der Waals surface area (Å²) >= 11 is 0. The lowest BCUT2D eigenvalue weighted by Gasteiger charge is -2.28. The van der Waals surface area contributed by atoms with Gasteiger partial charge in [-0.15, -0.1) is 0 Å². The Morgan fingerprint density at radius 2 is 1.85 bits per heavy atom. The van der Waals surface area contributed by atoms with Crippen LogP contribution in [0.3, 0.4) is 0 Å². The molecule has 6 heteroatoms. The Labute approximate surface area is 119 Å². The number of rotatable bonds is 5. The molecular weight excluding hydrogens is 278 g/mol. The Balaban J connectivity index is 1.90. The van der Waals surface area contributed by atoms with Crippen molar-refractivity contribution in [2.24, 2.45) is 5.92 Å². The van der Waals surface area contributed by atoms with E-state index in [2.05, 4.69) is 0 Å². The lowest BCUT2D eigenvalue weighted by atomic mass is 9.98. The summed E-state index contributed by atoms with van der Waals surface area (Å²) < 4.78 is 29.2. The summed E-state index contributed by atoms with van der Waals surface area (Å²) in [7, 11) is -3.68. The highest BCUT2D eigenvalue weighted by atomic mass is 32.2. The molecule has 20 heavy (non-hydrogen) atoms. The standard InChI is InChI=1S/C14H19NO4S/c1-12-2-4-14(5-3-12)20(17,18)19-10-13-6-8-15(11-16)9-7-13/h2-5,11,13H,6-10H2,1H3. The zero-order chi connectivity index (χ0) is 14.6. The average Bonchev–Trinajstić information content (AvgIpc) is 2.46. The van der Waals surface area contributed by atoms with Crippen molar-refractivity contribution in [3.63, 3.8) is 0 Å². The molecule has 0 saturated carbocycles. The first-order chi connectivity index (χ1) is 9.51. The molecule has 0 aromatic heterocycles. The van der Waals surface area contributed by atoms with E-state index in [9.17, 15) is 13.2 Å². The fraction of sp³-hybridized carbons (Fsp3) is 0.500. The summed E-state index contributed by atoms with van der Waals surface area (Å²) in [5.74, 6) is 0.187. The van der Waals surface area contributed by atoms with E-state index in [-0.39, 0.29) is 17.4 Å². The molecule has 0 radical (unpaired) electrons. The molecule has 110 valence electrons. The maximum Gasteiger partial charge on any atom is 0.296 e. The first-order valence-electron chi connectivity index (χ1n) is 6.67. The minimum atomic E-state index is -3.68. The van der Waals surface area contributed by atoms with Crippen LogP contribution in [0.5, 0.6) is 0 Å². The Morgan fingerprint density at radius 3 is 2.40 bits per heavy atom. The number of aryl methyl sites for hydroxylation is 1. The molecule has 1 heterocycles. The fourth-order valence-corrected chi connectivity index (χ4v) is 3.16. The van der Waals surface area contributed by atoms with E-state index in [1.54, 1.807) is 29.2 Å². The molecule has 5 nitrogen and oxygen atoms in total. The minimum Gasteiger partial charge on any atom is -0.345 e. The van der Waals surface area contributed by atoms with Gasteiger partial charge in [0.25, 0.3) is 10.1 Å². The van der Waals surface area contributed by atoms with Gasteiger partial charge in [0.15, 0.2) is 0 Å². The number of hydrogen-bond acceptors (Lipinski definition) is 4. The lowest BCUT2D eigenvalue weighted by molar-refractivity contribution is -0.119. The van der Waals surface area contributed by atoms with E-state index >= 15 is 0 Å². The molecule has 1 amide bonds. The zero-order valence-electron chi connectivity index (χ0n) is 11.5. The number of benzene rings is 1. The topological polar surface area (TPSA) is 63.7 Å². The SMILES string of the molecule is Cc1ccc(S(=O)(=O)OCC2CCN(C=O)CC2)cc1. The largest absolute Gasteiger partial charge is 0.345 e. The number of piperidine rings is 1. The normalized spacial score (nSPS) is 17.1. The smallest absolute Gasteiger partial charge is 0.296 e. The van der Waals surface area contributed by atoms with Crippen LogP contribution in [0.25, 0.3) is 0 Å². The van der Waals surface area contributed by atoms with Gasteiger partial charge in [-0.05, 0) is 37.8 Å². The van der Waals surface area contributed by atoms with Crippen molar-refractivity contribution in [2.45, 2.75) is 24.7 Å². The van der Waals surface area contributed by atoms with Crippen molar-refractivity contribution in [2.75, 3.05) is 19.7 Å². The predicted molar refractivity (Wildman–Crippen MR) is 74.7 cm³/mol. The molecule has 0 N–H and O–H groups in total. The van der Waals surface area contributed by atoms with E-state index < -0.39 is 10.1 Å². The number of likely N-dealkylation sites (tertiary alicyclic amines) is 1. The van der Waals surface area contributed by atoms with Gasteiger partial charge in [0, 0.05) is 13.1 Å². The molecular formula is C14H19NO4S. The van der Waals surface area contributed by atoms with Crippen molar-refractivity contribution in [3.8, 4) is 0 Å². The lowest BCUT2D eigenvalue weighted by Crippen LogP contribution is -2.34. The van der Waals surface area contributed by atoms with Crippen LogP contribution < -0.4 is 0 Å². The second-order valence-electron chi connectivity index (χ2n) is 5.14. The molecule has 0 aliphatic carbocycles. The van der Waals surface area contributed by atoms with E-state index in [1.165, 1.54) is 0 Å². The molecule has 1 aromatic rings. The van der Waals surface area contributed by atoms with Crippen LogP contribution in [0.4, 0.5) is 0 Å². The first kappa shape index (κ1) is 15.0. The molecule has 2 rings (SSSR count). The maximum absolute atomic E-state index is 12.0. The predicted octanol–water partition coefficient (Wildman–Crippen LogP) is 1.57. The van der Waals surface area contributed by atoms with Crippen LogP contribution >= 0.6 is 0 Å². The molecule has 0 atom stereocenters. The van der Waals surface area contributed by atoms with Gasteiger partial charge in [-0.25, -0.2) is 0 Å². The molecule has 0 bridgehead atoms. The Kier molecular flexibility index (Phi) is 4.77. The van der Waals surface area contributed by atoms with E-state index in [1.807, 2.05) is 6.92 Å². The van der Waals surface area contributed by atoms with Gasteiger partial charge in [0.1, 0.15) is 0 Å². The highest BCUT2D eigenvalue weighted by Crippen LogP contribution is 2.20. The van der Waals surface area contributed by atoms with Gasteiger partial charge in [0.2, 0.25) is 6.41 Å². The van der Waals surface area contributed by atoms with Crippen molar-refractivity contribution in [3.05, 3.63) is 29.8 Å². The molecule has 1 aliphatic heterocycles. The Bertz CT molecular complexity index is 545. The molecule has 1 aromatic carbocycles. The van der Waals surface area contributed by atoms with Crippen LogP contribution in [0.2, 0.25) is 0 Å². The summed E-state index contributed by atoms with van der Waals surface area (Å²) in [5, 5.41) is 0. The summed E-state index contributed by atoms with van der Waals surface area (Å²) in [4.78, 5) is 12.5. The van der Waals surface area contributed by atoms with Crippen molar-refractivity contribution < 1.29 is 17.4 Å². The minimum absolute atomic E-state index is 0.183. The fourth-order valence-electron chi connectivity index (χ4n) is 2.18. The van der Waals surface area contributed by atoms with Gasteiger partial charge in [0.05, 0.1) is 11.5 Å². The van der Waals surface area contributed by atoms with Crippen LogP contribution in [0.15, 0.2) is 29.2 Å². The third-order valence-corrected chi connectivity index (χ3v) is 4.86. The number of carbonyl (C=O) groups is 1. The summed E-state index contributed by atoms with van der Waals surface area (Å²) in [5.41, 5.74) is 1.00. The molecule has 1 aliphatic rings. The highest BCUT2D eigenvalue weighted by molar-refractivity contribution is 7.86. The summed E-state index contributed by atoms with van der Waals surface area (Å²) in [6.07, 6.45) is 2.39. The second-order valence-corrected chi connectivity index (χ2v) is 6.75. The summed E-state index contributed by atoms with van der Waals surface area (Å²) in [6.45, 7) is 3.42. The third-order valence-electron chi connectivity index (χ3n) is 3.57. The van der Waals surface area contributed by atoms with Crippen molar-refractivity contribution >= 4 is 16.5 Å². The third kappa shape index (κ3) is 3.80. The Morgan fingerprint density at radius 1 is 1.25 bits per heavy atom. The van der Waals surface area contributed by atoms with Crippen LogP contribution in [-0.2, 0) is 19.1 Å². The average molecular weight is 297 g/mol. The quantitative estimate of drug-likeness (QED) is 0.611. The monoisotopic (exact) mass is 297 g/mol. The Hall–Kier alpha value is -1.40. The molecule has 1 fully saturated rings. The van der Waals surface area contributed by atoms with Gasteiger partial charge in [-0.3, -0.25) is 8.98 Å². The van der Waals surface area contributed by atoms with Crippen molar-refractivity contribution in [1.29, 1.82) is 0 Å². The van der Waals surface area contributed by atoms with E-state index in [0.717, 1.165) is 24.8 Å². The van der Waals surface area contributed by atoms with Gasteiger partial charge in [-0.1, -0.05) is 17.7 Å². The van der Waals surface area contributed by atoms with Crippen molar-refractivity contribution in [1.82, 2.24) is 4.90 Å². The number of hydrogen-bond donors (Lipinski definition) is 0.